The highest BCUT2D eigenvalue weighted by Crippen LogP contribution is 2.18. The number of halogens is 1. The fraction of sp³-hybridized carbons (Fsp3) is 0.500. The van der Waals surface area contributed by atoms with Crippen LogP contribution in [0.5, 0.6) is 0 Å². The summed E-state index contributed by atoms with van der Waals surface area (Å²) in [5.74, 6) is 1.50. The van der Waals surface area contributed by atoms with Crippen molar-refractivity contribution < 1.29 is 0 Å². The third-order valence-corrected chi connectivity index (χ3v) is 3.49. The first-order chi connectivity index (χ1) is 10.1. The fourth-order valence-corrected chi connectivity index (χ4v) is 2.33. The molecule has 3 N–H and O–H groups in total. The molecule has 1 aromatic heterocycles. The molecular weight excluding hydrogens is 389 g/mol. The number of rotatable bonds is 5. The smallest absolute Gasteiger partial charge is 0.189 e. The Morgan fingerprint density at radius 2 is 2.14 bits per heavy atom. The Morgan fingerprint density at radius 3 is 2.82 bits per heavy atom. The molecule has 1 saturated heterocycles. The van der Waals surface area contributed by atoms with Crippen LogP contribution in [-0.2, 0) is 6.54 Å². The molecule has 1 aromatic rings. The van der Waals surface area contributed by atoms with Gasteiger partial charge in [-0.2, -0.15) is 0 Å². The van der Waals surface area contributed by atoms with E-state index in [9.17, 15) is 0 Å². The second-order valence-electron chi connectivity index (χ2n) is 5.58. The first-order valence-electron chi connectivity index (χ1n) is 7.53. The molecule has 122 valence electrons. The van der Waals surface area contributed by atoms with Crippen molar-refractivity contribution in [1.82, 2.24) is 10.3 Å². The lowest BCUT2D eigenvalue weighted by Crippen LogP contribution is -2.32. The Hall–Kier alpha value is -1.31. The van der Waals surface area contributed by atoms with Gasteiger partial charge in [-0.15, -0.1) is 24.0 Å². The van der Waals surface area contributed by atoms with Gasteiger partial charge in [0.15, 0.2) is 5.96 Å². The number of nitrogens with one attached hydrogen (secondary N) is 1. The number of aromatic nitrogens is 1. The molecule has 1 fully saturated rings. The van der Waals surface area contributed by atoms with E-state index in [-0.39, 0.29) is 24.0 Å². The van der Waals surface area contributed by atoms with Crippen molar-refractivity contribution in [3.05, 3.63) is 36.0 Å². The van der Waals surface area contributed by atoms with E-state index in [1.807, 2.05) is 19.2 Å². The molecule has 0 radical (unpaired) electrons. The van der Waals surface area contributed by atoms with Crippen LogP contribution in [0.3, 0.4) is 0 Å². The van der Waals surface area contributed by atoms with Crippen LogP contribution >= 0.6 is 24.0 Å². The molecule has 1 aliphatic heterocycles. The van der Waals surface area contributed by atoms with E-state index in [1.165, 1.54) is 19.3 Å². The van der Waals surface area contributed by atoms with Gasteiger partial charge in [-0.1, -0.05) is 12.2 Å². The zero-order chi connectivity index (χ0) is 15.1. The summed E-state index contributed by atoms with van der Waals surface area (Å²) in [6.45, 7) is 9.20. The number of pyridine rings is 1. The van der Waals surface area contributed by atoms with E-state index < -0.39 is 0 Å². The first-order valence-corrected chi connectivity index (χ1v) is 7.53. The van der Waals surface area contributed by atoms with Crippen LogP contribution in [0, 0.1) is 0 Å². The quantitative estimate of drug-likeness (QED) is 0.336. The zero-order valence-electron chi connectivity index (χ0n) is 13.2. The van der Waals surface area contributed by atoms with Crippen molar-refractivity contribution in [1.29, 1.82) is 0 Å². The summed E-state index contributed by atoms with van der Waals surface area (Å²) in [6, 6.07) is 4.10. The van der Waals surface area contributed by atoms with Gasteiger partial charge in [0.05, 0.1) is 6.54 Å². The van der Waals surface area contributed by atoms with Crippen molar-refractivity contribution >= 4 is 35.8 Å². The predicted molar refractivity (Wildman–Crippen MR) is 104 cm³/mol. The molecule has 0 aliphatic carbocycles. The molecule has 0 aromatic carbocycles. The third kappa shape index (κ3) is 6.21. The van der Waals surface area contributed by atoms with E-state index >= 15 is 0 Å². The molecule has 2 rings (SSSR count). The molecule has 0 unspecified atom stereocenters. The number of nitrogens with zero attached hydrogens (tertiary/aromatic N) is 3. The van der Waals surface area contributed by atoms with E-state index in [0.29, 0.717) is 19.0 Å². The van der Waals surface area contributed by atoms with Crippen molar-refractivity contribution in [2.24, 2.45) is 10.7 Å². The van der Waals surface area contributed by atoms with Crippen LogP contribution in [-0.4, -0.2) is 30.6 Å². The fourth-order valence-electron chi connectivity index (χ4n) is 2.33. The molecule has 0 atom stereocenters. The highest BCUT2D eigenvalue weighted by Gasteiger charge is 2.12. The lowest BCUT2D eigenvalue weighted by Gasteiger charge is -2.27. The van der Waals surface area contributed by atoms with Crippen LogP contribution < -0.4 is 16.0 Å². The van der Waals surface area contributed by atoms with Gasteiger partial charge in [-0.3, -0.25) is 0 Å². The van der Waals surface area contributed by atoms with Crippen LogP contribution in [0.4, 0.5) is 5.82 Å². The van der Waals surface area contributed by atoms with Crippen molar-refractivity contribution in [2.45, 2.75) is 32.7 Å². The van der Waals surface area contributed by atoms with E-state index in [2.05, 4.69) is 32.8 Å². The van der Waals surface area contributed by atoms with E-state index in [4.69, 9.17) is 5.73 Å². The van der Waals surface area contributed by atoms with Gasteiger partial charge in [0.1, 0.15) is 5.82 Å². The van der Waals surface area contributed by atoms with Crippen molar-refractivity contribution in [3.8, 4) is 0 Å². The minimum Gasteiger partial charge on any atom is -0.370 e. The number of hydrogen-bond donors (Lipinski definition) is 2. The third-order valence-electron chi connectivity index (χ3n) is 3.49. The number of anilines is 1. The van der Waals surface area contributed by atoms with Crippen LogP contribution in [0.15, 0.2) is 35.5 Å². The topological polar surface area (TPSA) is 66.5 Å². The minimum absolute atomic E-state index is 0. The summed E-state index contributed by atoms with van der Waals surface area (Å²) >= 11 is 0. The average Bonchev–Trinajstić information content (AvgIpc) is 2.52. The second-order valence-corrected chi connectivity index (χ2v) is 5.58. The Balaban J connectivity index is 0.00000242. The summed E-state index contributed by atoms with van der Waals surface area (Å²) in [6.07, 6.45) is 5.68. The summed E-state index contributed by atoms with van der Waals surface area (Å²) in [5.41, 5.74) is 7.98. The first kappa shape index (κ1) is 18.7. The molecule has 22 heavy (non-hydrogen) atoms. The zero-order valence-corrected chi connectivity index (χ0v) is 15.5. The van der Waals surface area contributed by atoms with Crippen LogP contribution in [0.1, 0.15) is 31.7 Å². The number of guanidine groups is 1. The van der Waals surface area contributed by atoms with Crippen LogP contribution in [0.2, 0.25) is 0 Å². The Morgan fingerprint density at radius 1 is 1.41 bits per heavy atom. The molecule has 6 heteroatoms. The van der Waals surface area contributed by atoms with Gasteiger partial charge in [-0.25, -0.2) is 9.98 Å². The lowest BCUT2D eigenvalue weighted by molar-refractivity contribution is 0.573. The monoisotopic (exact) mass is 415 g/mol. The van der Waals surface area contributed by atoms with Crippen LogP contribution in [0.25, 0.3) is 0 Å². The van der Waals surface area contributed by atoms with Crippen molar-refractivity contribution in [2.75, 3.05) is 24.5 Å². The molecule has 0 spiro atoms. The molecule has 0 saturated carbocycles. The molecule has 1 aliphatic rings. The highest BCUT2D eigenvalue weighted by molar-refractivity contribution is 14.0. The lowest BCUT2D eigenvalue weighted by atomic mass is 10.1. The minimum atomic E-state index is 0. The summed E-state index contributed by atoms with van der Waals surface area (Å²) < 4.78 is 0. The Bertz CT molecular complexity index is 509. The molecule has 0 amide bonds. The van der Waals surface area contributed by atoms with Gasteiger partial charge in [0.2, 0.25) is 0 Å². The number of nitrogens with two attached hydrogens (primary N) is 1. The Kier molecular flexibility index (Phi) is 8.22. The Labute approximate surface area is 150 Å². The molecule has 2 heterocycles. The number of hydrogen-bond acceptors (Lipinski definition) is 3. The molecular formula is C16H26IN5. The van der Waals surface area contributed by atoms with E-state index in [0.717, 1.165) is 30.0 Å². The highest BCUT2D eigenvalue weighted by atomic mass is 127. The maximum Gasteiger partial charge on any atom is 0.189 e. The molecule has 0 bridgehead atoms. The maximum absolute atomic E-state index is 5.82. The van der Waals surface area contributed by atoms with E-state index in [1.54, 1.807) is 0 Å². The summed E-state index contributed by atoms with van der Waals surface area (Å²) in [5, 5.41) is 3.03. The van der Waals surface area contributed by atoms with Gasteiger partial charge in [0.25, 0.3) is 0 Å². The van der Waals surface area contributed by atoms with Gasteiger partial charge in [0, 0.05) is 25.8 Å². The van der Waals surface area contributed by atoms with Crippen molar-refractivity contribution in [3.63, 3.8) is 0 Å². The second kappa shape index (κ2) is 9.66. The number of piperidine rings is 1. The average molecular weight is 415 g/mol. The predicted octanol–water partition coefficient (Wildman–Crippen LogP) is 2.67. The number of aliphatic imine (C=N–C) groups is 1. The molecule has 5 nitrogen and oxygen atoms in total. The maximum atomic E-state index is 5.82. The normalized spacial score (nSPS) is 15.1. The summed E-state index contributed by atoms with van der Waals surface area (Å²) in [7, 11) is 0. The largest absolute Gasteiger partial charge is 0.370 e. The van der Waals surface area contributed by atoms with Gasteiger partial charge < -0.3 is 16.0 Å². The standard InChI is InChI=1S/C16H25N5.HI/c1-13(2)11-19-16(17)20-12-14-6-7-18-15(10-14)21-8-4-3-5-9-21;/h6-7,10H,1,3-5,8-9,11-12H2,2H3,(H3,17,19,20);1H. The van der Waals surface area contributed by atoms with Gasteiger partial charge in [-0.05, 0) is 43.9 Å². The summed E-state index contributed by atoms with van der Waals surface area (Å²) in [4.78, 5) is 11.2. The van der Waals surface area contributed by atoms with Gasteiger partial charge >= 0.3 is 0 Å². The SMILES string of the molecule is C=C(C)CNC(N)=NCc1ccnc(N2CCCCC2)c1.I.